The molecule has 2 aliphatic heterocycles. The third-order valence-electron chi connectivity index (χ3n) is 4.46. The molecule has 130 valence electrons. The van der Waals surface area contributed by atoms with E-state index in [1.165, 1.54) is 5.69 Å². The Morgan fingerprint density at radius 1 is 1.16 bits per heavy atom. The Morgan fingerprint density at radius 3 is 2.68 bits per heavy atom. The summed E-state index contributed by atoms with van der Waals surface area (Å²) in [5.74, 6) is 0.980. The molecule has 0 bridgehead atoms. The fourth-order valence-electron chi connectivity index (χ4n) is 3.05. The van der Waals surface area contributed by atoms with Crippen molar-refractivity contribution in [1.82, 2.24) is 20.6 Å². The van der Waals surface area contributed by atoms with Gasteiger partial charge in [0.1, 0.15) is 11.4 Å². The van der Waals surface area contributed by atoms with Gasteiger partial charge in [-0.25, -0.2) is 4.98 Å². The van der Waals surface area contributed by atoms with Crippen LogP contribution in [0.15, 0.2) is 30.5 Å². The van der Waals surface area contributed by atoms with Crippen molar-refractivity contribution in [2.75, 3.05) is 55.0 Å². The average Bonchev–Trinajstić information content (AvgIpc) is 2.66. The molecule has 1 amide bonds. The highest BCUT2D eigenvalue weighted by molar-refractivity contribution is 6.00. The Morgan fingerprint density at radius 2 is 1.92 bits per heavy atom. The van der Waals surface area contributed by atoms with Gasteiger partial charge in [0, 0.05) is 50.8 Å². The van der Waals surface area contributed by atoms with Crippen LogP contribution in [0.5, 0.6) is 0 Å². The minimum atomic E-state index is -0.139. The zero-order chi connectivity index (χ0) is 17.2. The van der Waals surface area contributed by atoms with Crippen LogP contribution in [-0.2, 0) is 0 Å². The lowest BCUT2D eigenvalue weighted by molar-refractivity contribution is 0.0947. The number of nitrogens with zero attached hydrogens (tertiary/aromatic N) is 4. The summed E-state index contributed by atoms with van der Waals surface area (Å²) in [5, 5.41) is 9.34. The summed E-state index contributed by atoms with van der Waals surface area (Å²) in [6.07, 6.45) is 1.56. The molecule has 0 atom stereocenters. The second-order valence-corrected chi connectivity index (χ2v) is 6.20. The molecule has 8 heteroatoms. The van der Waals surface area contributed by atoms with Crippen LogP contribution in [-0.4, -0.2) is 55.8 Å². The molecule has 0 saturated carbocycles. The topological polar surface area (TPSA) is 85.4 Å². The van der Waals surface area contributed by atoms with Gasteiger partial charge in [-0.05, 0) is 24.3 Å². The minimum Gasteiger partial charge on any atom is -0.369 e. The van der Waals surface area contributed by atoms with E-state index in [0.717, 1.165) is 31.9 Å². The molecule has 3 N–H and O–H groups in total. The standard InChI is InChI=1S/C17H21N7O/c1-23-11-20-16(25)14-10-19-17(22-15(14)23)21-12-2-4-13(5-3-12)24-8-6-18-7-9-24/h2-5,10,18H,6-9,11H2,1H3,(H,20,25)(H,19,21,22). The summed E-state index contributed by atoms with van der Waals surface area (Å²) >= 11 is 0. The van der Waals surface area contributed by atoms with E-state index in [1.54, 1.807) is 6.20 Å². The molecule has 0 radical (unpaired) electrons. The lowest BCUT2D eigenvalue weighted by Gasteiger charge is -2.29. The van der Waals surface area contributed by atoms with Crippen LogP contribution in [0, 0.1) is 0 Å². The van der Waals surface area contributed by atoms with Crippen LogP contribution in [0.4, 0.5) is 23.1 Å². The van der Waals surface area contributed by atoms with Crippen LogP contribution >= 0.6 is 0 Å². The predicted octanol–water partition coefficient (Wildman–Crippen LogP) is 0.767. The number of aromatic nitrogens is 2. The maximum atomic E-state index is 11.8. The largest absolute Gasteiger partial charge is 0.369 e. The van der Waals surface area contributed by atoms with Crippen molar-refractivity contribution < 1.29 is 4.79 Å². The van der Waals surface area contributed by atoms with Gasteiger partial charge < -0.3 is 25.8 Å². The first-order valence-electron chi connectivity index (χ1n) is 8.40. The molecule has 25 heavy (non-hydrogen) atoms. The normalized spacial score (nSPS) is 17.1. The molecular weight excluding hydrogens is 318 g/mol. The first kappa shape index (κ1) is 15.6. The summed E-state index contributed by atoms with van der Waals surface area (Å²) < 4.78 is 0. The Labute approximate surface area is 146 Å². The Hall–Kier alpha value is -2.87. The third-order valence-corrected chi connectivity index (χ3v) is 4.46. The minimum absolute atomic E-state index is 0.139. The van der Waals surface area contributed by atoms with Gasteiger partial charge in [-0.2, -0.15) is 4.98 Å². The Bertz CT molecular complexity index is 771. The predicted molar refractivity (Wildman–Crippen MR) is 97.6 cm³/mol. The van der Waals surface area contributed by atoms with Crippen molar-refractivity contribution in [1.29, 1.82) is 0 Å². The monoisotopic (exact) mass is 339 g/mol. The van der Waals surface area contributed by atoms with E-state index in [9.17, 15) is 4.79 Å². The van der Waals surface area contributed by atoms with Gasteiger partial charge >= 0.3 is 0 Å². The van der Waals surface area contributed by atoms with Gasteiger partial charge in [0.2, 0.25) is 5.95 Å². The van der Waals surface area contributed by atoms with Crippen LogP contribution < -0.4 is 25.8 Å². The average molecular weight is 339 g/mol. The number of hydrogen-bond acceptors (Lipinski definition) is 7. The highest BCUT2D eigenvalue weighted by atomic mass is 16.2. The van der Waals surface area contributed by atoms with Gasteiger partial charge in [0.25, 0.3) is 5.91 Å². The number of anilines is 4. The maximum absolute atomic E-state index is 11.8. The molecule has 2 aliphatic rings. The molecule has 8 nitrogen and oxygen atoms in total. The molecule has 1 aromatic carbocycles. The van der Waals surface area contributed by atoms with Gasteiger partial charge in [-0.15, -0.1) is 0 Å². The van der Waals surface area contributed by atoms with Crippen molar-refractivity contribution in [2.45, 2.75) is 0 Å². The van der Waals surface area contributed by atoms with Crippen molar-refractivity contribution in [3.05, 3.63) is 36.0 Å². The number of carbonyl (C=O) groups excluding carboxylic acids is 1. The summed E-state index contributed by atoms with van der Waals surface area (Å²) in [6.45, 7) is 4.53. The first-order chi connectivity index (χ1) is 12.2. The van der Waals surface area contributed by atoms with Crippen LogP contribution in [0.25, 0.3) is 0 Å². The molecular formula is C17H21N7O. The third kappa shape index (κ3) is 3.20. The fourth-order valence-corrected chi connectivity index (χ4v) is 3.05. The number of amides is 1. The number of fused-ring (bicyclic) bond motifs is 1. The van der Waals surface area contributed by atoms with Crippen molar-refractivity contribution >= 4 is 29.0 Å². The van der Waals surface area contributed by atoms with Gasteiger partial charge in [0.15, 0.2) is 0 Å². The second kappa shape index (κ2) is 6.56. The van der Waals surface area contributed by atoms with Crippen LogP contribution in [0.1, 0.15) is 10.4 Å². The molecule has 1 aromatic heterocycles. The highest BCUT2D eigenvalue weighted by Crippen LogP contribution is 2.23. The Kier molecular flexibility index (Phi) is 4.10. The molecule has 4 rings (SSSR count). The molecule has 0 aliphatic carbocycles. The second-order valence-electron chi connectivity index (χ2n) is 6.20. The van der Waals surface area contributed by atoms with Gasteiger partial charge in [0.05, 0.1) is 6.67 Å². The first-order valence-corrected chi connectivity index (χ1v) is 8.40. The fraction of sp³-hybridized carbons (Fsp3) is 0.353. The van der Waals surface area contributed by atoms with Gasteiger partial charge in [-0.1, -0.05) is 0 Å². The summed E-state index contributed by atoms with van der Waals surface area (Å²) in [5.41, 5.74) is 2.63. The van der Waals surface area contributed by atoms with Crippen molar-refractivity contribution in [3.8, 4) is 0 Å². The molecule has 3 heterocycles. The zero-order valence-electron chi connectivity index (χ0n) is 14.1. The molecule has 2 aromatic rings. The number of nitrogens with one attached hydrogen (secondary N) is 3. The van der Waals surface area contributed by atoms with Crippen LogP contribution in [0.2, 0.25) is 0 Å². The van der Waals surface area contributed by atoms with Crippen molar-refractivity contribution in [3.63, 3.8) is 0 Å². The summed E-state index contributed by atoms with van der Waals surface area (Å²) in [4.78, 5) is 24.8. The molecule has 1 saturated heterocycles. The SMILES string of the molecule is CN1CNC(=O)c2cnc(Nc3ccc(N4CCNCC4)cc3)nc21. The number of piperazine rings is 1. The number of hydrogen-bond donors (Lipinski definition) is 3. The number of benzene rings is 1. The molecule has 0 spiro atoms. The summed E-state index contributed by atoms with van der Waals surface area (Å²) in [6, 6.07) is 8.25. The lowest BCUT2D eigenvalue weighted by atomic mass is 10.2. The van der Waals surface area contributed by atoms with E-state index in [4.69, 9.17) is 0 Å². The van der Waals surface area contributed by atoms with E-state index in [2.05, 4.69) is 43.0 Å². The zero-order valence-corrected chi connectivity index (χ0v) is 14.1. The van der Waals surface area contributed by atoms with Gasteiger partial charge in [-0.3, -0.25) is 4.79 Å². The number of rotatable bonds is 3. The molecule has 0 unspecified atom stereocenters. The van der Waals surface area contributed by atoms with E-state index in [1.807, 2.05) is 24.1 Å². The highest BCUT2D eigenvalue weighted by Gasteiger charge is 2.22. The Balaban J connectivity index is 1.50. The van der Waals surface area contributed by atoms with E-state index in [-0.39, 0.29) is 5.91 Å². The van der Waals surface area contributed by atoms with Crippen molar-refractivity contribution in [2.24, 2.45) is 0 Å². The number of carbonyl (C=O) groups is 1. The quantitative estimate of drug-likeness (QED) is 0.761. The summed E-state index contributed by atoms with van der Waals surface area (Å²) in [7, 11) is 1.89. The smallest absolute Gasteiger partial charge is 0.258 e. The van der Waals surface area contributed by atoms with E-state index >= 15 is 0 Å². The van der Waals surface area contributed by atoms with E-state index < -0.39 is 0 Å². The maximum Gasteiger partial charge on any atom is 0.258 e. The molecule has 1 fully saturated rings. The van der Waals surface area contributed by atoms with E-state index in [0.29, 0.717) is 24.0 Å². The van der Waals surface area contributed by atoms with Crippen LogP contribution in [0.3, 0.4) is 0 Å². The lowest BCUT2D eigenvalue weighted by Crippen LogP contribution is -2.43.